The maximum absolute atomic E-state index is 5.74. The van der Waals surface area contributed by atoms with Gasteiger partial charge in [-0.1, -0.05) is 0 Å². The van der Waals surface area contributed by atoms with Gasteiger partial charge in [-0.15, -0.1) is 0 Å². The van der Waals surface area contributed by atoms with Crippen molar-refractivity contribution in [2.75, 3.05) is 45.9 Å². The summed E-state index contributed by atoms with van der Waals surface area (Å²) in [6.45, 7) is 9.74. The van der Waals surface area contributed by atoms with Crippen LogP contribution in [-0.4, -0.2) is 67.8 Å². The van der Waals surface area contributed by atoms with Gasteiger partial charge in [-0.05, 0) is 52.2 Å². The van der Waals surface area contributed by atoms with Crippen molar-refractivity contribution in [1.29, 1.82) is 0 Å². The van der Waals surface area contributed by atoms with Crippen LogP contribution in [0.25, 0.3) is 0 Å². The fourth-order valence-corrected chi connectivity index (χ4v) is 3.32. The van der Waals surface area contributed by atoms with E-state index >= 15 is 0 Å². The molecule has 2 aliphatic rings. The average Bonchev–Trinajstić information content (AvgIpc) is 2.73. The number of rotatable bonds is 6. The number of fused-ring (bicyclic) bond motifs is 1. The van der Waals surface area contributed by atoms with Crippen LogP contribution in [0.1, 0.15) is 32.6 Å². The topological polar surface area (TPSA) is 41.7 Å². The number of hydrogen-bond acceptors (Lipinski definition) is 4. The minimum absolute atomic E-state index is 0.248. The molecule has 2 N–H and O–H groups in total. The van der Waals surface area contributed by atoms with Crippen molar-refractivity contribution < 1.29 is 4.74 Å². The van der Waals surface area contributed by atoms with Gasteiger partial charge in [-0.25, -0.2) is 0 Å². The second kappa shape index (κ2) is 7.43. The SMILES string of the molecule is CCOC(CN)CCN1CCCN2CCCC2C1. The zero-order valence-corrected chi connectivity index (χ0v) is 11.8. The van der Waals surface area contributed by atoms with E-state index in [1.165, 1.54) is 45.4 Å². The maximum atomic E-state index is 5.74. The molecule has 0 spiro atoms. The fraction of sp³-hybridized carbons (Fsp3) is 1.00. The Kier molecular flexibility index (Phi) is 5.89. The Morgan fingerprint density at radius 3 is 2.89 bits per heavy atom. The van der Waals surface area contributed by atoms with Crippen molar-refractivity contribution in [2.24, 2.45) is 5.73 Å². The predicted octanol–water partition coefficient (Wildman–Crippen LogP) is 0.910. The third-order valence-corrected chi connectivity index (χ3v) is 4.32. The molecule has 2 rings (SSSR count). The highest BCUT2D eigenvalue weighted by Crippen LogP contribution is 2.21. The van der Waals surface area contributed by atoms with Crippen LogP contribution in [0, 0.1) is 0 Å². The van der Waals surface area contributed by atoms with Gasteiger partial charge in [0.1, 0.15) is 0 Å². The molecule has 2 saturated heterocycles. The molecule has 2 aliphatic heterocycles. The normalized spacial score (nSPS) is 28.0. The Morgan fingerprint density at radius 2 is 2.11 bits per heavy atom. The molecule has 4 nitrogen and oxygen atoms in total. The smallest absolute Gasteiger partial charge is 0.0709 e. The molecule has 0 aromatic carbocycles. The molecule has 106 valence electrons. The summed E-state index contributed by atoms with van der Waals surface area (Å²) in [6, 6.07) is 0.816. The van der Waals surface area contributed by atoms with Crippen LogP contribution in [0.5, 0.6) is 0 Å². The van der Waals surface area contributed by atoms with Crippen molar-refractivity contribution >= 4 is 0 Å². The van der Waals surface area contributed by atoms with E-state index in [1.54, 1.807) is 0 Å². The molecule has 18 heavy (non-hydrogen) atoms. The van der Waals surface area contributed by atoms with Crippen molar-refractivity contribution in [3.8, 4) is 0 Å². The Bertz CT molecular complexity index is 237. The van der Waals surface area contributed by atoms with Crippen molar-refractivity contribution in [1.82, 2.24) is 9.80 Å². The molecule has 0 aromatic rings. The Labute approximate surface area is 111 Å². The van der Waals surface area contributed by atoms with E-state index in [2.05, 4.69) is 9.80 Å². The molecule has 0 amide bonds. The summed E-state index contributed by atoms with van der Waals surface area (Å²) in [4.78, 5) is 5.31. The number of nitrogens with zero attached hydrogens (tertiary/aromatic N) is 2. The lowest BCUT2D eigenvalue weighted by molar-refractivity contribution is 0.0537. The van der Waals surface area contributed by atoms with E-state index in [4.69, 9.17) is 10.5 Å². The number of nitrogens with two attached hydrogens (primary N) is 1. The molecule has 2 heterocycles. The second-order valence-electron chi connectivity index (χ2n) is 5.59. The molecule has 4 heteroatoms. The van der Waals surface area contributed by atoms with Gasteiger partial charge < -0.3 is 15.4 Å². The van der Waals surface area contributed by atoms with Gasteiger partial charge in [0.25, 0.3) is 0 Å². The maximum Gasteiger partial charge on any atom is 0.0709 e. The van der Waals surface area contributed by atoms with E-state index in [0.29, 0.717) is 6.54 Å². The van der Waals surface area contributed by atoms with Gasteiger partial charge in [0.2, 0.25) is 0 Å². The second-order valence-corrected chi connectivity index (χ2v) is 5.59. The van der Waals surface area contributed by atoms with Crippen molar-refractivity contribution in [3.05, 3.63) is 0 Å². The quantitative estimate of drug-likeness (QED) is 0.766. The predicted molar refractivity (Wildman–Crippen MR) is 74.7 cm³/mol. The lowest BCUT2D eigenvalue weighted by atomic mass is 10.2. The van der Waals surface area contributed by atoms with Crippen LogP contribution in [-0.2, 0) is 4.74 Å². The summed E-state index contributed by atoms with van der Waals surface area (Å²) in [7, 11) is 0. The van der Waals surface area contributed by atoms with E-state index in [9.17, 15) is 0 Å². The van der Waals surface area contributed by atoms with Crippen LogP contribution in [0.15, 0.2) is 0 Å². The minimum atomic E-state index is 0.248. The Hall–Kier alpha value is -0.160. The lowest BCUT2D eigenvalue weighted by Gasteiger charge is -2.26. The van der Waals surface area contributed by atoms with E-state index in [1.807, 2.05) is 6.92 Å². The van der Waals surface area contributed by atoms with Crippen LogP contribution in [0.3, 0.4) is 0 Å². The first-order chi connectivity index (χ1) is 8.83. The Balaban J connectivity index is 1.74. The summed E-state index contributed by atoms with van der Waals surface area (Å²) in [6.07, 6.45) is 5.43. The minimum Gasteiger partial charge on any atom is -0.377 e. The summed E-state index contributed by atoms with van der Waals surface area (Å²) in [5, 5.41) is 0. The van der Waals surface area contributed by atoms with Crippen molar-refractivity contribution in [3.63, 3.8) is 0 Å². The molecular weight excluding hydrogens is 226 g/mol. The number of ether oxygens (including phenoxy) is 1. The Morgan fingerprint density at radius 1 is 1.28 bits per heavy atom. The van der Waals surface area contributed by atoms with Gasteiger partial charge in [-0.3, -0.25) is 4.90 Å². The summed E-state index contributed by atoms with van der Waals surface area (Å²) < 4.78 is 5.64. The third-order valence-electron chi connectivity index (χ3n) is 4.32. The van der Waals surface area contributed by atoms with Crippen LogP contribution >= 0.6 is 0 Å². The molecule has 0 aromatic heterocycles. The molecule has 2 unspecified atom stereocenters. The highest BCUT2D eigenvalue weighted by molar-refractivity contribution is 4.85. The van der Waals surface area contributed by atoms with Gasteiger partial charge in [0, 0.05) is 32.3 Å². The van der Waals surface area contributed by atoms with Crippen LogP contribution in [0.2, 0.25) is 0 Å². The standard InChI is InChI=1S/C14H29N3O/c1-2-18-14(11-15)6-10-16-7-4-9-17-8-3-5-13(17)12-16/h13-14H,2-12,15H2,1H3. The highest BCUT2D eigenvalue weighted by Gasteiger charge is 2.28. The molecule has 0 bridgehead atoms. The van der Waals surface area contributed by atoms with Gasteiger partial charge >= 0.3 is 0 Å². The summed E-state index contributed by atoms with van der Waals surface area (Å²) in [5.41, 5.74) is 5.74. The first-order valence-corrected chi connectivity index (χ1v) is 7.61. The van der Waals surface area contributed by atoms with Crippen LogP contribution in [0.4, 0.5) is 0 Å². The van der Waals surface area contributed by atoms with E-state index in [0.717, 1.165) is 25.6 Å². The molecule has 0 radical (unpaired) electrons. The van der Waals surface area contributed by atoms with Gasteiger partial charge in [0.15, 0.2) is 0 Å². The summed E-state index contributed by atoms with van der Waals surface area (Å²) in [5.74, 6) is 0. The van der Waals surface area contributed by atoms with Crippen molar-refractivity contribution in [2.45, 2.75) is 44.8 Å². The third kappa shape index (κ3) is 3.92. The zero-order chi connectivity index (χ0) is 12.8. The number of hydrogen-bond donors (Lipinski definition) is 1. The lowest BCUT2D eigenvalue weighted by Crippen LogP contribution is -2.38. The molecule has 2 fully saturated rings. The van der Waals surface area contributed by atoms with Gasteiger partial charge in [-0.2, -0.15) is 0 Å². The largest absolute Gasteiger partial charge is 0.377 e. The molecule has 2 atom stereocenters. The fourth-order valence-electron chi connectivity index (χ4n) is 3.32. The molecular formula is C14H29N3O. The monoisotopic (exact) mass is 255 g/mol. The summed E-state index contributed by atoms with van der Waals surface area (Å²) >= 11 is 0. The first-order valence-electron chi connectivity index (χ1n) is 7.61. The molecule has 0 aliphatic carbocycles. The highest BCUT2D eigenvalue weighted by atomic mass is 16.5. The van der Waals surface area contributed by atoms with E-state index < -0.39 is 0 Å². The van der Waals surface area contributed by atoms with E-state index in [-0.39, 0.29) is 6.10 Å². The molecule has 0 saturated carbocycles. The van der Waals surface area contributed by atoms with Gasteiger partial charge in [0.05, 0.1) is 6.10 Å². The average molecular weight is 255 g/mol. The van der Waals surface area contributed by atoms with Crippen LogP contribution < -0.4 is 5.73 Å². The zero-order valence-electron chi connectivity index (χ0n) is 11.8. The first kappa shape index (κ1) is 14.3.